The van der Waals surface area contributed by atoms with E-state index in [2.05, 4.69) is 5.32 Å². The maximum absolute atomic E-state index is 12.6. The van der Waals surface area contributed by atoms with Gasteiger partial charge < -0.3 is 10.4 Å². The number of hydrogen-bond acceptors (Lipinski definition) is 4. The van der Waals surface area contributed by atoms with E-state index in [0.717, 1.165) is 31.5 Å². The number of benzene rings is 1. The molecular weight excluding hydrogens is 264 g/mol. The van der Waals surface area contributed by atoms with Crippen molar-refractivity contribution in [2.75, 3.05) is 25.0 Å². The van der Waals surface area contributed by atoms with Gasteiger partial charge in [0.2, 0.25) is 10.0 Å². The van der Waals surface area contributed by atoms with Crippen molar-refractivity contribution in [3.63, 3.8) is 0 Å². The van der Waals surface area contributed by atoms with Crippen LogP contribution >= 0.6 is 0 Å². The van der Waals surface area contributed by atoms with Crippen LogP contribution in [0.5, 0.6) is 0 Å². The molecule has 2 heterocycles. The summed E-state index contributed by atoms with van der Waals surface area (Å²) >= 11 is 0. The van der Waals surface area contributed by atoms with E-state index in [1.54, 1.807) is 12.1 Å². The van der Waals surface area contributed by atoms with Crippen molar-refractivity contribution in [2.24, 2.45) is 0 Å². The van der Waals surface area contributed by atoms with E-state index < -0.39 is 10.0 Å². The summed E-state index contributed by atoms with van der Waals surface area (Å²) in [5.74, 6) is 0. The van der Waals surface area contributed by atoms with Crippen molar-refractivity contribution in [1.29, 1.82) is 0 Å². The van der Waals surface area contributed by atoms with E-state index in [-0.39, 0.29) is 12.6 Å². The van der Waals surface area contributed by atoms with Gasteiger partial charge in [-0.05, 0) is 37.0 Å². The molecular formula is C13H18N2O3S. The lowest BCUT2D eigenvalue weighted by molar-refractivity contribution is 0.213. The largest absolute Gasteiger partial charge is 0.395 e. The van der Waals surface area contributed by atoms with E-state index >= 15 is 0 Å². The van der Waals surface area contributed by atoms with Gasteiger partial charge in [0.25, 0.3) is 0 Å². The van der Waals surface area contributed by atoms with Gasteiger partial charge in [-0.2, -0.15) is 4.31 Å². The summed E-state index contributed by atoms with van der Waals surface area (Å²) in [6.45, 7) is 1.25. The molecule has 3 rings (SSSR count). The summed E-state index contributed by atoms with van der Waals surface area (Å²) in [5, 5.41) is 12.5. The molecule has 0 amide bonds. The predicted octanol–water partition coefficient (Wildman–Crippen LogP) is 0.800. The number of hydrogen-bond donors (Lipinski definition) is 2. The van der Waals surface area contributed by atoms with Gasteiger partial charge in [0, 0.05) is 24.8 Å². The molecule has 0 spiro atoms. The highest BCUT2D eigenvalue weighted by Crippen LogP contribution is 2.30. The minimum Gasteiger partial charge on any atom is -0.395 e. The van der Waals surface area contributed by atoms with Crippen LogP contribution in [0.3, 0.4) is 0 Å². The second-order valence-electron chi connectivity index (χ2n) is 5.09. The molecule has 2 N–H and O–H groups in total. The maximum Gasteiger partial charge on any atom is 0.243 e. The number of rotatable bonds is 3. The van der Waals surface area contributed by atoms with Crippen LogP contribution in [0.2, 0.25) is 0 Å². The van der Waals surface area contributed by atoms with Crippen LogP contribution in [0.25, 0.3) is 0 Å². The molecule has 6 heteroatoms. The Bertz CT molecular complexity index is 586. The third-order valence-electron chi connectivity index (χ3n) is 3.93. The van der Waals surface area contributed by atoms with Gasteiger partial charge in [-0.3, -0.25) is 0 Å². The van der Waals surface area contributed by atoms with E-state index in [1.165, 1.54) is 9.87 Å². The van der Waals surface area contributed by atoms with E-state index in [1.807, 2.05) is 6.07 Å². The molecule has 1 saturated heterocycles. The Morgan fingerprint density at radius 2 is 2.26 bits per heavy atom. The zero-order valence-electron chi connectivity index (χ0n) is 10.7. The normalized spacial score (nSPS) is 23.3. The fraction of sp³-hybridized carbons (Fsp3) is 0.538. The number of nitrogens with zero attached hydrogens (tertiary/aromatic N) is 1. The summed E-state index contributed by atoms with van der Waals surface area (Å²) in [7, 11) is -3.49. The highest BCUT2D eigenvalue weighted by molar-refractivity contribution is 7.89. The minimum atomic E-state index is -3.49. The van der Waals surface area contributed by atoms with Crippen LogP contribution in [-0.2, 0) is 16.4 Å². The summed E-state index contributed by atoms with van der Waals surface area (Å²) in [5.41, 5.74) is 2.08. The van der Waals surface area contributed by atoms with Crippen LogP contribution in [0, 0.1) is 0 Å². The fourth-order valence-corrected chi connectivity index (χ4v) is 4.59. The van der Waals surface area contributed by atoms with Crippen LogP contribution in [0.15, 0.2) is 23.1 Å². The molecule has 0 aliphatic carbocycles. The van der Waals surface area contributed by atoms with Crippen LogP contribution in [-0.4, -0.2) is 43.6 Å². The SMILES string of the molecule is O=S(=O)(c1ccc2c(c1)NCC2)N1CCCC1CO. The second kappa shape index (κ2) is 4.77. The molecule has 1 unspecified atom stereocenters. The lowest BCUT2D eigenvalue weighted by atomic mass is 10.2. The highest BCUT2D eigenvalue weighted by atomic mass is 32.2. The molecule has 1 fully saturated rings. The average molecular weight is 282 g/mol. The Labute approximate surface area is 113 Å². The fourth-order valence-electron chi connectivity index (χ4n) is 2.87. The lowest BCUT2D eigenvalue weighted by Crippen LogP contribution is -2.37. The summed E-state index contributed by atoms with van der Waals surface area (Å²) in [6, 6.07) is 5.00. The Kier molecular flexibility index (Phi) is 3.24. The van der Waals surface area contributed by atoms with Gasteiger partial charge in [-0.15, -0.1) is 0 Å². The molecule has 104 valence electrons. The first-order chi connectivity index (χ1) is 9.13. The molecule has 1 atom stereocenters. The first-order valence-electron chi connectivity index (χ1n) is 6.62. The quantitative estimate of drug-likeness (QED) is 0.860. The number of aliphatic hydroxyl groups is 1. The molecule has 1 aromatic carbocycles. The van der Waals surface area contributed by atoms with Crippen molar-refractivity contribution in [3.05, 3.63) is 23.8 Å². The molecule has 0 aromatic heterocycles. The third kappa shape index (κ3) is 2.13. The first kappa shape index (κ1) is 12.9. The van der Waals surface area contributed by atoms with Gasteiger partial charge in [-0.1, -0.05) is 6.07 Å². The van der Waals surface area contributed by atoms with Gasteiger partial charge >= 0.3 is 0 Å². The predicted molar refractivity (Wildman–Crippen MR) is 72.6 cm³/mol. The zero-order chi connectivity index (χ0) is 13.5. The third-order valence-corrected chi connectivity index (χ3v) is 5.88. The molecule has 5 nitrogen and oxygen atoms in total. The van der Waals surface area contributed by atoms with Crippen LogP contribution in [0.4, 0.5) is 5.69 Å². The van der Waals surface area contributed by atoms with Crippen molar-refractivity contribution in [2.45, 2.75) is 30.2 Å². The van der Waals surface area contributed by atoms with E-state index in [0.29, 0.717) is 11.4 Å². The number of aliphatic hydroxyl groups excluding tert-OH is 1. The van der Waals surface area contributed by atoms with Gasteiger partial charge in [0.1, 0.15) is 0 Å². The van der Waals surface area contributed by atoms with E-state index in [9.17, 15) is 13.5 Å². The summed E-state index contributed by atoms with van der Waals surface area (Å²) in [6.07, 6.45) is 2.49. The van der Waals surface area contributed by atoms with Gasteiger partial charge in [0.05, 0.1) is 11.5 Å². The molecule has 19 heavy (non-hydrogen) atoms. The maximum atomic E-state index is 12.6. The molecule has 2 aliphatic heterocycles. The number of sulfonamides is 1. The second-order valence-corrected chi connectivity index (χ2v) is 6.98. The monoisotopic (exact) mass is 282 g/mol. The highest BCUT2D eigenvalue weighted by Gasteiger charge is 2.35. The summed E-state index contributed by atoms with van der Waals surface area (Å²) < 4.78 is 26.6. The van der Waals surface area contributed by atoms with Gasteiger partial charge in [-0.25, -0.2) is 8.42 Å². The first-order valence-corrected chi connectivity index (χ1v) is 8.06. The van der Waals surface area contributed by atoms with Gasteiger partial charge in [0.15, 0.2) is 0 Å². The van der Waals surface area contributed by atoms with E-state index in [4.69, 9.17) is 0 Å². The zero-order valence-corrected chi connectivity index (χ0v) is 11.5. The smallest absolute Gasteiger partial charge is 0.243 e. The summed E-state index contributed by atoms with van der Waals surface area (Å²) in [4.78, 5) is 0.320. The Morgan fingerprint density at radius 1 is 1.42 bits per heavy atom. The molecule has 1 aromatic rings. The minimum absolute atomic E-state index is 0.109. The number of nitrogens with one attached hydrogen (secondary N) is 1. The molecule has 0 saturated carbocycles. The Balaban J connectivity index is 1.96. The van der Waals surface area contributed by atoms with Crippen molar-refractivity contribution < 1.29 is 13.5 Å². The molecule has 0 radical (unpaired) electrons. The molecule has 0 bridgehead atoms. The standard InChI is InChI=1S/C13H18N2O3S/c16-9-11-2-1-7-15(11)19(17,18)12-4-3-10-5-6-14-13(10)8-12/h3-4,8,11,14,16H,1-2,5-7,9H2. The number of anilines is 1. The van der Waals surface area contributed by atoms with Crippen LogP contribution < -0.4 is 5.32 Å². The van der Waals surface area contributed by atoms with Crippen molar-refractivity contribution in [1.82, 2.24) is 4.31 Å². The number of fused-ring (bicyclic) bond motifs is 1. The Morgan fingerprint density at radius 3 is 3.05 bits per heavy atom. The van der Waals surface area contributed by atoms with Crippen molar-refractivity contribution in [3.8, 4) is 0 Å². The van der Waals surface area contributed by atoms with Crippen molar-refractivity contribution >= 4 is 15.7 Å². The van der Waals surface area contributed by atoms with Crippen LogP contribution in [0.1, 0.15) is 18.4 Å². The topological polar surface area (TPSA) is 69.6 Å². The average Bonchev–Trinajstić information content (AvgIpc) is 3.06. The lowest BCUT2D eigenvalue weighted by Gasteiger charge is -2.22. The Hall–Kier alpha value is -1.11. The molecule has 2 aliphatic rings.